The van der Waals surface area contributed by atoms with E-state index in [9.17, 15) is 0 Å². The number of nitrogens with zero attached hydrogens (tertiary/aromatic N) is 2. The Hall–Kier alpha value is -0.650. The van der Waals surface area contributed by atoms with Gasteiger partial charge in [-0.1, -0.05) is 6.92 Å². The van der Waals surface area contributed by atoms with E-state index in [0.717, 1.165) is 31.9 Å². The van der Waals surface area contributed by atoms with Crippen molar-refractivity contribution in [1.29, 1.82) is 0 Å². The predicted molar refractivity (Wildman–Crippen MR) is 75.3 cm³/mol. The highest BCUT2D eigenvalue weighted by Gasteiger charge is 2.00. The van der Waals surface area contributed by atoms with Gasteiger partial charge in [-0.15, -0.1) is 11.3 Å². The summed E-state index contributed by atoms with van der Waals surface area (Å²) < 4.78 is 3.37. The number of hydrogen-bond acceptors (Lipinski definition) is 3. The molecule has 92 valence electrons. The largest absolute Gasteiger partial charge is 0.334 e. The zero-order valence-electron chi connectivity index (χ0n) is 9.82. The summed E-state index contributed by atoms with van der Waals surface area (Å²) in [7, 11) is 0. The van der Waals surface area contributed by atoms with E-state index in [2.05, 4.69) is 49.2 Å². The van der Waals surface area contributed by atoms with Gasteiger partial charge < -0.3 is 9.88 Å². The van der Waals surface area contributed by atoms with Crippen molar-refractivity contribution in [2.24, 2.45) is 0 Å². The van der Waals surface area contributed by atoms with Crippen molar-refractivity contribution in [3.8, 4) is 0 Å². The molecule has 5 heteroatoms. The molecule has 0 fully saturated rings. The molecule has 1 N–H and O–H groups in total. The minimum atomic E-state index is 0.937. The summed E-state index contributed by atoms with van der Waals surface area (Å²) in [6.07, 6.45) is 4.91. The average molecular weight is 314 g/mol. The summed E-state index contributed by atoms with van der Waals surface area (Å²) >= 11 is 5.24. The lowest BCUT2D eigenvalue weighted by atomic mass is 10.4. The molecule has 2 rings (SSSR count). The molecule has 0 bridgehead atoms. The molecule has 17 heavy (non-hydrogen) atoms. The van der Waals surface area contributed by atoms with Crippen molar-refractivity contribution >= 4 is 27.3 Å². The first-order valence-electron chi connectivity index (χ1n) is 5.73. The molecule has 0 radical (unpaired) electrons. The van der Waals surface area contributed by atoms with E-state index >= 15 is 0 Å². The maximum atomic E-state index is 4.31. The molecule has 3 nitrogen and oxygen atoms in total. The monoisotopic (exact) mass is 313 g/mol. The van der Waals surface area contributed by atoms with Crippen LogP contribution in [0.15, 0.2) is 28.3 Å². The van der Waals surface area contributed by atoms with E-state index in [1.807, 2.05) is 12.4 Å². The summed E-state index contributed by atoms with van der Waals surface area (Å²) in [5.41, 5.74) is 0. The lowest BCUT2D eigenvalue weighted by Gasteiger charge is -2.07. The Kier molecular flexibility index (Phi) is 4.76. The average Bonchev–Trinajstić information content (AvgIpc) is 2.93. The number of aryl methyl sites for hydroxylation is 1. The van der Waals surface area contributed by atoms with Crippen LogP contribution in [-0.4, -0.2) is 16.1 Å². The Labute approximate surface area is 114 Å². The van der Waals surface area contributed by atoms with Gasteiger partial charge >= 0.3 is 0 Å². The second-order valence-electron chi connectivity index (χ2n) is 3.80. The highest BCUT2D eigenvalue weighted by Crippen LogP contribution is 2.19. The minimum Gasteiger partial charge on any atom is -0.334 e. The smallest absolute Gasteiger partial charge is 0.108 e. The third kappa shape index (κ3) is 3.66. The molecule has 0 aliphatic heterocycles. The van der Waals surface area contributed by atoms with Gasteiger partial charge in [0, 0.05) is 53.2 Å². The third-order valence-electron chi connectivity index (χ3n) is 2.57. The summed E-state index contributed by atoms with van der Waals surface area (Å²) in [4.78, 5) is 5.67. The second-order valence-corrected chi connectivity index (χ2v) is 5.71. The molecule has 0 aliphatic rings. The van der Waals surface area contributed by atoms with Crippen LogP contribution in [0.3, 0.4) is 0 Å². The summed E-state index contributed by atoms with van der Waals surface area (Å²) in [5, 5.41) is 5.56. The molecule has 0 amide bonds. The van der Waals surface area contributed by atoms with Crippen molar-refractivity contribution in [3.05, 3.63) is 39.0 Å². The van der Waals surface area contributed by atoms with Gasteiger partial charge in [0.1, 0.15) is 5.82 Å². The van der Waals surface area contributed by atoms with E-state index in [0.29, 0.717) is 0 Å². The number of aromatic nitrogens is 2. The van der Waals surface area contributed by atoms with Crippen LogP contribution in [0.4, 0.5) is 0 Å². The Morgan fingerprint density at radius 1 is 1.53 bits per heavy atom. The number of rotatable bonds is 6. The fourth-order valence-electron chi connectivity index (χ4n) is 1.72. The quantitative estimate of drug-likeness (QED) is 0.831. The molecule has 0 saturated heterocycles. The maximum absolute atomic E-state index is 4.31. The van der Waals surface area contributed by atoms with Crippen LogP contribution >= 0.6 is 27.3 Å². The van der Waals surface area contributed by atoms with Gasteiger partial charge in [-0.25, -0.2) is 4.98 Å². The molecule has 0 atom stereocenters. The topological polar surface area (TPSA) is 29.9 Å². The van der Waals surface area contributed by atoms with Crippen molar-refractivity contribution in [3.63, 3.8) is 0 Å². The van der Waals surface area contributed by atoms with Gasteiger partial charge in [0.2, 0.25) is 0 Å². The van der Waals surface area contributed by atoms with Crippen LogP contribution < -0.4 is 5.32 Å². The van der Waals surface area contributed by atoms with Crippen molar-refractivity contribution in [1.82, 2.24) is 14.9 Å². The molecule has 0 aromatic carbocycles. The van der Waals surface area contributed by atoms with Crippen LogP contribution in [0.2, 0.25) is 0 Å². The van der Waals surface area contributed by atoms with Gasteiger partial charge in [-0.05, 0) is 22.0 Å². The number of thiophene rings is 1. The van der Waals surface area contributed by atoms with Crippen molar-refractivity contribution < 1.29 is 0 Å². The van der Waals surface area contributed by atoms with Crippen LogP contribution in [0.5, 0.6) is 0 Å². The van der Waals surface area contributed by atoms with E-state index < -0.39 is 0 Å². The van der Waals surface area contributed by atoms with Crippen molar-refractivity contribution in [2.45, 2.75) is 26.4 Å². The number of halogens is 1. The molecular weight excluding hydrogens is 298 g/mol. The summed E-state index contributed by atoms with van der Waals surface area (Å²) in [6, 6.07) is 2.16. The van der Waals surface area contributed by atoms with Gasteiger partial charge in [0.05, 0.1) is 0 Å². The Morgan fingerprint density at radius 3 is 3.12 bits per heavy atom. The lowest BCUT2D eigenvalue weighted by molar-refractivity contribution is 0.583. The molecule has 0 unspecified atom stereocenters. The fourth-order valence-corrected chi connectivity index (χ4v) is 3.14. The highest BCUT2D eigenvalue weighted by atomic mass is 79.9. The zero-order valence-corrected chi connectivity index (χ0v) is 12.2. The van der Waals surface area contributed by atoms with Crippen LogP contribution in [0.25, 0.3) is 0 Å². The van der Waals surface area contributed by atoms with E-state index in [4.69, 9.17) is 0 Å². The number of nitrogens with one attached hydrogen (secondary N) is 1. The Bertz CT molecular complexity index is 464. The standard InChI is InChI=1S/C12H16BrN3S/c1-2-12-15-4-6-16(12)5-3-14-8-11-7-10(13)9-17-11/h4,6-7,9,14H,2-3,5,8H2,1H3. The predicted octanol–water partition coefficient (Wildman–Crippen LogP) is 3.06. The first-order valence-corrected chi connectivity index (χ1v) is 7.40. The SMILES string of the molecule is CCc1nccn1CCNCc1cc(Br)cs1. The van der Waals surface area contributed by atoms with E-state index in [1.54, 1.807) is 11.3 Å². The molecule has 2 aromatic heterocycles. The van der Waals surface area contributed by atoms with E-state index in [-0.39, 0.29) is 0 Å². The Balaban J connectivity index is 1.73. The fraction of sp³-hybridized carbons (Fsp3) is 0.417. The highest BCUT2D eigenvalue weighted by molar-refractivity contribution is 9.10. The normalized spacial score (nSPS) is 10.9. The first-order chi connectivity index (χ1) is 8.29. The molecule has 0 saturated carbocycles. The van der Waals surface area contributed by atoms with Crippen molar-refractivity contribution in [2.75, 3.05) is 6.54 Å². The first kappa shape index (κ1) is 12.8. The third-order valence-corrected chi connectivity index (χ3v) is 4.27. The molecule has 0 aliphatic carbocycles. The molecule has 2 aromatic rings. The van der Waals surface area contributed by atoms with Gasteiger partial charge in [-0.2, -0.15) is 0 Å². The molecule has 2 heterocycles. The van der Waals surface area contributed by atoms with E-state index in [1.165, 1.54) is 9.35 Å². The van der Waals surface area contributed by atoms with Gasteiger partial charge in [-0.3, -0.25) is 0 Å². The van der Waals surface area contributed by atoms with Crippen LogP contribution in [0.1, 0.15) is 17.6 Å². The van der Waals surface area contributed by atoms with Gasteiger partial charge in [0.15, 0.2) is 0 Å². The van der Waals surface area contributed by atoms with Crippen LogP contribution in [-0.2, 0) is 19.5 Å². The Morgan fingerprint density at radius 2 is 2.41 bits per heavy atom. The molecule has 0 spiro atoms. The summed E-state index contributed by atoms with van der Waals surface area (Å²) in [5.74, 6) is 1.16. The second kappa shape index (κ2) is 6.33. The molecular formula is C12H16BrN3S. The summed E-state index contributed by atoms with van der Waals surface area (Å²) in [6.45, 7) is 5.02. The lowest BCUT2D eigenvalue weighted by Crippen LogP contribution is -2.19. The number of hydrogen-bond donors (Lipinski definition) is 1. The number of imidazole rings is 1. The van der Waals surface area contributed by atoms with Gasteiger partial charge in [0.25, 0.3) is 0 Å². The zero-order chi connectivity index (χ0) is 12.1. The minimum absolute atomic E-state index is 0.937. The maximum Gasteiger partial charge on any atom is 0.108 e. The van der Waals surface area contributed by atoms with Crippen LogP contribution in [0, 0.1) is 0 Å².